The van der Waals surface area contributed by atoms with Crippen molar-refractivity contribution in [2.45, 2.75) is 0 Å². The van der Waals surface area contributed by atoms with Crippen molar-refractivity contribution in [2.24, 2.45) is 0 Å². The number of benzene rings is 1. The Morgan fingerprint density at radius 2 is 1.73 bits per heavy atom. The van der Waals surface area contributed by atoms with Crippen molar-refractivity contribution in [1.82, 2.24) is 9.97 Å². The van der Waals surface area contributed by atoms with Crippen LogP contribution in [0.2, 0.25) is 0 Å². The molecule has 0 spiro atoms. The van der Waals surface area contributed by atoms with Gasteiger partial charge in [0.05, 0.1) is 0 Å². The molecule has 1 aliphatic heterocycles. The first kappa shape index (κ1) is 8.29. The molecule has 0 atom stereocenters. The van der Waals surface area contributed by atoms with Crippen molar-refractivity contribution in [3.63, 3.8) is 0 Å². The van der Waals surface area contributed by atoms with Crippen LogP contribution in [0.3, 0.4) is 0 Å². The molecule has 2 heterocycles. The van der Waals surface area contributed by atoms with Gasteiger partial charge in [0.25, 0.3) is 0 Å². The van der Waals surface area contributed by atoms with E-state index in [4.69, 9.17) is 9.31 Å². The van der Waals surface area contributed by atoms with E-state index in [9.17, 15) is 0 Å². The third-order valence-corrected chi connectivity index (χ3v) is 2.16. The zero-order chi connectivity index (χ0) is 10.1. The van der Waals surface area contributed by atoms with Crippen molar-refractivity contribution in [3.8, 4) is 11.5 Å². The normalized spacial score (nSPS) is 12.9. The second-order valence-electron chi connectivity index (χ2n) is 3.15. The lowest BCUT2D eigenvalue weighted by atomic mass is 9.85. The molecule has 0 unspecified atom stereocenters. The zero-order valence-corrected chi connectivity index (χ0v) is 7.83. The van der Waals surface area contributed by atoms with Gasteiger partial charge in [0, 0.05) is 6.20 Å². The lowest BCUT2D eigenvalue weighted by Crippen LogP contribution is -2.41. The largest absolute Gasteiger partial charge is 0.652 e. The maximum absolute atomic E-state index is 5.58. The number of fused-ring (bicyclic) bond motifs is 1. The lowest BCUT2D eigenvalue weighted by Gasteiger charge is -2.01. The van der Waals surface area contributed by atoms with Crippen LogP contribution in [-0.2, 0) is 0 Å². The average Bonchev–Trinajstić information content (AvgIpc) is 2.74. The maximum Gasteiger partial charge on any atom is 0.652 e. The van der Waals surface area contributed by atoms with E-state index in [-0.39, 0.29) is 0 Å². The highest BCUT2D eigenvalue weighted by molar-refractivity contribution is 6.62. The van der Waals surface area contributed by atoms with Gasteiger partial charge in [-0.1, -0.05) is 12.1 Å². The minimum absolute atomic E-state index is 0.453. The Bertz CT molecular complexity index is 453. The summed E-state index contributed by atoms with van der Waals surface area (Å²) in [6.07, 6.45) is 3.14. The molecule has 0 aliphatic carbocycles. The summed E-state index contributed by atoms with van der Waals surface area (Å²) in [5.74, 6) is 1.50. The molecule has 72 valence electrons. The molecule has 0 bridgehead atoms. The third kappa shape index (κ3) is 1.42. The molecule has 0 N–H and O–H groups in total. The fourth-order valence-corrected chi connectivity index (χ4v) is 1.46. The van der Waals surface area contributed by atoms with Gasteiger partial charge in [-0.2, -0.15) is 0 Å². The van der Waals surface area contributed by atoms with Gasteiger partial charge in [0.2, 0.25) is 0 Å². The number of nitrogens with zero attached hydrogens (tertiary/aromatic N) is 2. The molecule has 2 aromatic rings. The molecule has 0 fully saturated rings. The molecule has 0 amide bonds. The van der Waals surface area contributed by atoms with E-state index >= 15 is 0 Å². The summed E-state index contributed by atoms with van der Waals surface area (Å²) in [5.41, 5.74) is 0.723. The summed E-state index contributed by atoms with van der Waals surface area (Å²) in [6, 6.07) is 9.33. The van der Waals surface area contributed by atoms with Gasteiger partial charge in [0.1, 0.15) is 23.4 Å². The maximum atomic E-state index is 5.58. The quantitative estimate of drug-likeness (QED) is 0.630. The van der Waals surface area contributed by atoms with E-state index in [0.717, 1.165) is 17.1 Å². The fraction of sp³-hybridized carbons (Fsp3) is 0. The van der Waals surface area contributed by atoms with Crippen LogP contribution in [0.4, 0.5) is 0 Å². The Hall–Kier alpha value is -2.04. The standard InChI is InChI=1S/C10H7BN2O2/c1-2-4-9-8(3-1)14-11(15-9)10-5-6-12-7-13-10/h1-7H. The Balaban J connectivity index is 1.91. The summed E-state index contributed by atoms with van der Waals surface area (Å²) < 4.78 is 11.2. The predicted molar refractivity (Wildman–Crippen MR) is 55.1 cm³/mol. The summed E-state index contributed by atoms with van der Waals surface area (Å²) in [4.78, 5) is 7.93. The predicted octanol–water partition coefficient (Wildman–Crippen LogP) is 0.643. The topological polar surface area (TPSA) is 44.2 Å². The number of rotatable bonds is 1. The number of hydrogen-bond donors (Lipinski definition) is 0. The lowest BCUT2D eigenvalue weighted by molar-refractivity contribution is 0.517. The highest BCUT2D eigenvalue weighted by atomic mass is 16.6. The van der Waals surface area contributed by atoms with E-state index in [1.165, 1.54) is 6.33 Å². The molecule has 1 aromatic carbocycles. The highest BCUT2D eigenvalue weighted by Gasteiger charge is 2.34. The van der Waals surface area contributed by atoms with Crippen LogP contribution < -0.4 is 14.9 Å². The SMILES string of the molecule is c1ccc2c(c1)OB(c1ccncn1)O2. The van der Waals surface area contributed by atoms with Crippen molar-refractivity contribution >= 4 is 12.7 Å². The first-order valence-corrected chi connectivity index (χ1v) is 4.62. The minimum Gasteiger partial charge on any atom is -0.518 e. The van der Waals surface area contributed by atoms with Crippen molar-refractivity contribution in [1.29, 1.82) is 0 Å². The third-order valence-electron chi connectivity index (χ3n) is 2.16. The van der Waals surface area contributed by atoms with Gasteiger partial charge in [-0.05, 0) is 18.2 Å². The van der Waals surface area contributed by atoms with Gasteiger partial charge in [0.15, 0.2) is 0 Å². The average molecular weight is 198 g/mol. The Labute approximate surface area is 87.0 Å². The van der Waals surface area contributed by atoms with E-state index in [0.29, 0.717) is 0 Å². The summed E-state index contributed by atoms with van der Waals surface area (Å²) in [5, 5.41) is 0. The zero-order valence-electron chi connectivity index (χ0n) is 7.83. The molecule has 15 heavy (non-hydrogen) atoms. The van der Waals surface area contributed by atoms with Gasteiger partial charge in [-0.15, -0.1) is 0 Å². The van der Waals surface area contributed by atoms with Crippen LogP contribution in [0.15, 0.2) is 42.9 Å². The van der Waals surface area contributed by atoms with Crippen molar-refractivity contribution in [2.75, 3.05) is 0 Å². The molecule has 1 aliphatic rings. The summed E-state index contributed by atoms with van der Waals surface area (Å²) >= 11 is 0. The van der Waals surface area contributed by atoms with Gasteiger partial charge < -0.3 is 9.31 Å². The van der Waals surface area contributed by atoms with Crippen molar-refractivity contribution < 1.29 is 9.31 Å². The second kappa shape index (κ2) is 3.27. The van der Waals surface area contributed by atoms with E-state index < -0.39 is 7.12 Å². The molecule has 5 heteroatoms. The molecule has 0 saturated carbocycles. The van der Waals surface area contributed by atoms with Crippen LogP contribution in [0.25, 0.3) is 0 Å². The Morgan fingerprint density at radius 3 is 2.33 bits per heavy atom. The Kier molecular flexibility index (Phi) is 1.81. The second-order valence-corrected chi connectivity index (χ2v) is 3.15. The number of hydrogen-bond acceptors (Lipinski definition) is 4. The van der Waals surface area contributed by atoms with E-state index in [1.54, 1.807) is 12.3 Å². The van der Waals surface area contributed by atoms with Gasteiger partial charge >= 0.3 is 7.12 Å². The number of aromatic nitrogens is 2. The molecule has 4 nitrogen and oxygen atoms in total. The monoisotopic (exact) mass is 198 g/mol. The van der Waals surface area contributed by atoms with Crippen LogP contribution in [-0.4, -0.2) is 17.1 Å². The van der Waals surface area contributed by atoms with Crippen LogP contribution in [0.1, 0.15) is 0 Å². The molecule has 0 radical (unpaired) electrons. The van der Waals surface area contributed by atoms with Gasteiger partial charge in [-0.3, -0.25) is 0 Å². The van der Waals surface area contributed by atoms with E-state index in [1.807, 2.05) is 24.3 Å². The summed E-state index contributed by atoms with van der Waals surface area (Å²) in [6.45, 7) is 0. The van der Waals surface area contributed by atoms with Crippen LogP contribution in [0.5, 0.6) is 11.5 Å². The number of para-hydroxylation sites is 2. The molecular formula is C10H7BN2O2. The minimum atomic E-state index is -0.453. The smallest absolute Gasteiger partial charge is 0.518 e. The van der Waals surface area contributed by atoms with Crippen LogP contribution >= 0.6 is 0 Å². The Morgan fingerprint density at radius 1 is 1.00 bits per heavy atom. The first-order valence-electron chi connectivity index (χ1n) is 4.62. The van der Waals surface area contributed by atoms with Crippen LogP contribution in [0, 0.1) is 0 Å². The first-order chi connectivity index (χ1) is 7.43. The van der Waals surface area contributed by atoms with Gasteiger partial charge in [-0.25, -0.2) is 9.97 Å². The fourth-order valence-electron chi connectivity index (χ4n) is 1.46. The molecule has 1 aromatic heterocycles. The highest BCUT2D eigenvalue weighted by Crippen LogP contribution is 2.32. The summed E-state index contributed by atoms with van der Waals surface area (Å²) in [7, 11) is -0.453. The molecule has 3 rings (SSSR count). The molecular weight excluding hydrogens is 191 g/mol. The van der Waals surface area contributed by atoms with E-state index in [2.05, 4.69) is 9.97 Å². The molecule has 0 saturated heterocycles. The van der Waals surface area contributed by atoms with Crippen molar-refractivity contribution in [3.05, 3.63) is 42.9 Å².